The normalized spacial score (nSPS) is 16.3. The van der Waals surface area contributed by atoms with Crippen molar-refractivity contribution in [1.82, 2.24) is 74.4 Å². The lowest BCUT2D eigenvalue weighted by molar-refractivity contribution is -0.143. The van der Waals surface area contributed by atoms with E-state index in [2.05, 4.69) is 92.1 Å². The summed E-state index contributed by atoms with van der Waals surface area (Å²) in [7, 11) is 0. The van der Waals surface area contributed by atoms with Crippen LogP contribution in [0.2, 0.25) is 0 Å². The third-order valence-corrected chi connectivity index (χ3v) is 16.2. The number of aliphatic hydroxyl groups excluding tert-OH is 5. The van der Waals surface area contributed by atoms with Crippen LogP contribution in [-0.4, -0.2) is 286 Å². The van der Waals surface area contributed by atoms with Crippen molar-refractivity contribution in [2.75, 3.05) is 18.9 Å². The average molecular weight is 1570 g/mol. The van der Waals surface area contributed by atoms with Gasteiger partial charge in [-0.15, -0.1) is 0 Å². The van der Waals surface area contributed by atoms with E-state index < -0.39 is 253 Å². The van der Waals surface area contributed by atoms with E-state index in [-0.39, 0.29) is 43.9 Å². The quantitative estimate of drug-likeness (QED) is 0.0125. The van der Waals surface area contributed by atoms with Gasteiger partial charge < -0.3 is 138 Å². The van der Waals surface area contributed by atoms with Gasteiger partial charge in [0, 0.05) is 25.1 Å². The fourth-order valence-electron chi connectivity index (χ4n) is 9.59. The van der Waals surface area contributed by atoms with Crippen LogP contribution in [0.3, 0.4) is 0 Å². The Morgan fingerprint density at radius 1 is 0.413 bits per heavy atom. The molecule has 45 heteroatoms. The molecule has 0 bridgehead atoms. The summed E-state index contributed by atoms with van der Waals surface area (Å²) >= 11 is 4.07. The van der Waals surface area contributed by atoms with Crippen LogP contribution in [0.15, 0.2) is 29.3 Å². The maximum absolute atomic E-state index is 14.0. The molecule has 0 radical (unpaired) electrons. The van der Waals surface area contributed by atoms with E-state index in [9.17, 15) is 127 Å². The number of aliphatic imine (C=N–C) groups is 1. The first-order chi connectivity index (χ1) is 50.6. The number of carbonyl (C=O) groups excluding carboxylic acids is 14. The van der Waals surface area contributed by atoms with Crippen LogP contribution in [0.4, 0.5) is 0 Å². The minimum atomic E-state index is -1.99. The summed E-state index contributed by atoms with van der Waals surface area (Å²) in [6.45, 7) is 11.0. The fourth-order valence-corrected chi connectivity index (χ4v) is 9.85. The Kier molecular flexibility index (Phi) is 41.8. The zero-order valence-corrected chi connectivity index (χ0v) is 62.4. The van der Waals surface area contributed by atoms with Gasteiger partial charge in [-0.2, -0.15) is 12.6 Å². The monoisotopic (exact) mass is 1570 g/mol. The number of nitrogens with two attached hydrogens (primary N) is 3. The van der Waals surface area contributed by atoms with Gasteiger partial charge in [0.25, 0.3) is 0 Å². The van der Waals surface area contributed by atoms with Crippen LogP contribution >= 0.6 is 12.6 Å². The predicted octanol–water partition coefficient (Wildman–Crippen LogP) is -10.9. The third kappa shape index (κ3) is 34.9. The van der Waals surface area contributed by atoms with Gasteiger partial charge in [0.1, 0.15) is 96.4 Å². The van der Waals surface area contributed by atoms with E-state index in [1.165, 1.54) is 24.3 Å². The highest BCUT2D eigenvalue weighted by molar-refractivity contribution is 7.80. The number of rotatable bonds is 48. The number of hydrogen-bond acceptors (Lipinski definition) is 26. The van der Waals surface area contributed by atoms with Crippen LogP contribution in [0.5, 0.6) is 5.75 Å². The summed E-state index contributed by atoms with van der Waals surface area (Å²) in [4.78, 5) is 228. The van der Waals surface area contributed by atoms with Gasteiger partial charge in [0.2, 0.25) is 82.7 Å². The molecule has 14 amide bonds. The number of aromatic hydroxyl groups is 1. The van der Waals surface area contributed by atoms with Crippen molar-refractivity contribution in [3.63, 3.8) is 0 Å². The summed E-state index contributed by atoms with van der Waals surface area (Å²) < 4.78 is 0. The number of carbonyl (C=O) groups is 17. The standard InChI is InChI=1S/C64H104N18O26S/c1-25(2)20-39(57(101)81-45(30(7)84)59(103)72-28(5)51(95)78-42(24-109)58(102)75-40(22-44(91)92)56(100)71-27(4)50(94)77-41(63(107)108)21-34-13-15-35(88)16-14-34)76-61(105)47(32(9)86)82-62(106)48(33(10)87)79-52(96)29(6)70-54(98)37(12-11-19-68-64(66)67)73-49(93)26(3)69-55(99)38(17-18-43(89)90)74-60(104)46(31(8)85)80-53(97)36(65)23-83/h13-16,25-33,36-42,45-48,83-88,109H,11-12,17-24,65H2,1-10H3,(H,69,99)(H,70,98)(H,71,100)(H,72,103)(H,73,93)(H,74,104)(H,75,102)(H,76,105)(H,77,94)(H,78,95)(H,79,96)(H,80,97)(H,81,101)(H,82,106)(H,89,90)(H,91,92)(H,107,108)(H4,66,67,68)/t26-,27-,28-,29-,30+,31+,32+,33+,36-,37-,38-,39-,40-,41-,42-,45-,46-,47-,48-/m0/s1. The van der Waals surface area contributed by atoms with Crippen LogP contribution in [0.1, 0.15) is 113 Å². The minimum absolute atomic E-state index is 0.0128. The number of phenolic OH excluding ortho intramolecular Hbond substituents is 1. The number of carboxylic acids is 3. The molecule has 1 aromatic rings. The molecule has 0 spiro atoms. The first-order valence-corrected chi connectivity index (χ1v) is 34.7. The first kappa shape index (κ1) is 96.4. The van der Waals surface area contributed by atoms with Crippen molar-refractivity contribution in [3.8, 4) is 5.75 Å². The van der Waals surface area contributed by atoms with E-state index in [0.717, 1.165) is 55.4 Å². The first-order valence-electron chi connectivity index (χ1n) is 34.1. The number of amides is 14. The molecule has 19 atom stereocenters. The lowest BCUT2D eigenvalue weighted by Gasteiger charge is -2.30. The molecule has 1 aromatic carbocycles. The van der Waals surface area contributed by atoms with Crippen LogP contribution < -0.4 is 91.6 Å². The average Bonchev–Trinajstić information content (AvgIpc) is 0.849. The van der Waals surface area contributed by atoms with Crippen LogP contribution in [0, 0.1) is 5.92 Å². The van der Waals surface area contributed by atoms with Crippen LogP contribution in [-0.2, 0) is 87.9 Å². The van der Waals surface area contributed by atoms with Crippen molar-refractivity contribution in [1.29, 1.82) is 0 Å². The highest BCUT2D eigenvalue weighted by Gasteiger charge is 2.40. The van der Waals surface area contributed by atoms with E-state index in [1.807, 2.05) is 0 Å². The molecule has 29 N–H and O–H groups in total. The molecule has 1 rings (SSSR count). The second-order valence-electron chi connectivity index (χ2n) is 26.0. The summed E-state index contributed by atoms with van der Waals surface area (Å²) in [5.74, 6) is -22.1. The number of benzene rings is 1. The summed E-state index contributed by atoms with van der Waals surface area (Å²) in [5.41, 5.74) is 16.7. The highest BCUT2D eigenvalue weighted by Crippen LogP contribution is 2.14. The number of nitrogens with zero attached hydrogens (tertiary/aromatic N) is 1. The summed E-state index contributed by atoms with van der Waals surface area (Å²) in [5, 5.41) is 121. The molecular weight excluding hydrogens is 1470 g/mol. The largest absolute Gasteiger partial charge is 0.508 e. The zero-order chi connectivity index (χ0) is 83.6. The molecule has 0 heterocycles. The SMILES string of the molecule is CC(C)C[C@H](NC(=O)[C@@H](NC(=O)[C@@H](NC(=O)[C@H](C)NC(=O)[C@H](CCCN=C(N)N)NC(=O)[C@H](C)NC(=O)[C@H](CCC(=O)O)NC(=O)[C@@H](NC(=O)[C@@H](N)CO)[C@@H](C)O)[C@@H](C)O)[C@@H](C)O)C(=O)N[C@H](C(=O)N[C@@H](C)C(=O)N[C@@H](CS)C(=O)N[C@@H](CC(=O)O)C(=O)N[C@@H](C)C(=O)N[C@@H](Cc1ccc(O)cc1)C(=O)O)[C@@H](C)O. The van der Waals surface area contributed by atoms with Gasteiger partial charge in [-0.1, -0.05) is 26.0 Å². The lowest BCUT2D eigenvalue weighted by atomic mass is 10.0. The Labute approximate surface area is 630 Å². The van der Waals surface area contributed by atoms with Crippen LogP contribution in [0.25, 0.3) is 0 Å². The van der Waals surface area contributed by atoms with E-state index >= 15 is 0 Å². The molecule has 0 aliphatic heterocycles. The molecule has 44 nitrogen and oxygen atoms in total. The predicted molar refractivity (Wildman–Crippen MR) is 383 cm³/mol. The van der Waals surface area contributed by atoms with Gasteiger partial charge >= 0.3 is 17.9 Å². The number of phenols is 1. The molecule has 0 aromatic heterocycles. The zero-order valence-electron chi connectivity index (χ0n) is 61.5. The number of thiol groups is 1. The minimum Gasteiger partial charge on any atom is -0.508 e. The summed E-state index contributed by atoms with van der Waals surface area (Å²) in [6, 6.07) is -20.1. The highest BCUT2D eigenvalue weighted by atomic mass is 32.1. The molecule has 109 heavy (non-hydrogen) atoms. The van der Waals surface area contributed by atoms with Gasteiger partial charge in [-0.25, -0.2) is 4.79 Å². The summed E-state index contributed by atoms with van der Waals surface area (Å²) in [6.07, 6.45) is -10.1. The maximum atomic E-state index is 14.0. The molecule has 612 valence electrons. The molecule has 0 aliphatic carbocycles. The van der Waals surface area contributed by atoms with Gasteiger partial charge in [-0.3, -0.25) is 81.7 Å². The Hall–Kier alpha value is -10.6. The second-order valence-corrected chi connectivity index (χ2v) is 26.3. The number of nitrogens with one attached hydrogen (secondary N) is 14. The van der Waals surface area contributed by atoms with Crippen molar-refractivity contribution < 1.29 is 127 Å². The Balaban J connectivity index is 3.28. The number of aliphatic hydroxyl groups is 5. The number of carboxylic acid groups (broad SMARTS) is 3. The van der Waals surface area contributed by atoms with Crippen molar-refractivity contribution >= 4 is 119 Å². The number of aliphatic carboxylic acids is 3. The van der Waals surface area contributed by atoms with Gasteiger partial charge in [0.15, 0.2) is 5.96 Å². The van der Waals surface area contributed by atoms with E-state index in [0.29, 0.717) is 5.56 Å². The van der Waals surface area contributed by atoms with E-state index in [4.69, 9.17) is 17.2 Å². The molecule has 0 aliphatic rings. The van der Waals surface area contributed by atoms with Crippen molar-refractivity contribution in [2.24, 2.45) is 28.1 Å². The molecule has 0 unspecified atom stereocenters. The fraction of sp³-hybridized carbons (Fsp3) is 0.625. The maximum Gasteiger partial charge on any atom is 0.326 e. The Morgan fingerprint density at radius 3 is 1.15 bits per heavy atom. The Morgan fingerprint density at radius 2 is 0.743 bits per heavy atom. The number of hydrogen-bond donors (Lipinski definition) is 27. The molecular formula is C64H104N18O26S. The van der Waals surface area contributed by atoms with Crippen molar-refractivity contribution in [3.05, 3.63) is 29.8 Å². The lowest BCUT2D eigenvalue weighted by Crippen LogP contribution is -2.63. The van der Waals surface area contributed by atoms with Crippen molar-refractivity contribution in [2.45, 2.75) is 229 Å². The van der Waals surface area contributed by atoms with Gasteiger partial charge in [-0.05, 0) is 105 Å². The van der Waals surface area contributed by atoms with Gasteiger partial charge in [0.05, 0.1) is 37.4 Å². The number of guanidine groups is 1. The smallest absolute Gasteiger partial charge is 0.326 e. The third-order valence-electron chi connectivity index (χ3n) is 15.8. The second kappa shape index (κ2) is 47.2. The topological polar surface area (TPSA) is 731 Å². The Bertz CT molecular complexity index is 3380. The molecule has 0 fully saturated rings. The molecule has 0 saturated carbocycles. The molecule has 0 saturated heterocycles. The van der Waals surface area contributed by atoms with E-state index in [1.54, 1.807) is 13.8 Å².